The van der Waals surface area contributed by atoms with Crippen LogP contribution in [0.25, 0.3) is 11.7 Å². The van der Waals surface area contributed by atoms with Crippen molar-refractivity contribution in [1.29, 1.82) is 0 Å². The van der Waals surface area contributed by atoms with Crippen molar-refractivity contribution in [3.05, 3.63) is 45.2 Å². The fourth-order valence-corrected chi connectivity index (χ4v) is 5.47. The molecule has 11 nitrogen and oxygen atoms in total. The van der Waals surface area contributed by atoms with E-state index in [4.69, 9.17) is 26.7 Å². The van der Waals surface area contributed by atoms with Crippen molar-refractivity contribution in [2.24, 2.45) is 0 Å². The summed E-state index contributed by atoms with van der Waals surface area (Å²) < 4.78 is 11.9. The summed E-state index contributed by atoms with van der Waals surface area (Å²) in [5, 5.41) is 2.76. The molecule has 0 radical (unpaired) electrons. The zero-order chi connectivity index (χ0) is 26.5. The van der Waals surface area contributed by atoms with Gasteiger partial charge in [-0.1, -0.05) is 30.0 Å². The SMILES string of the molecule is CCOC(=O)C[C@H]1C(=O)NCCN1c1nc2ccccn2c(=O)c1/C=C1\SC(=S)N(CCCOC)C1=O. The number of carbonyl (C=O) groups is 3. The topological polar surface area (TPSA) is 123 Å². The van der Waals surface area contributed by atoms with Crippen LogP contribution in [0.1, 0.15) is 25.3 Å². The van der Waals surface area contributed by atoms with Gasteiger partial charge in [-0.25, -0.2) is 4.98 Å². The lowest BCUT2D eigenvalue weighted by Crippen LogP contribution is -2.57. The number of nitrogens with zero attached hydrogens (tertiary/aromatic N) is 4. The van der Waals surface area contributed by atoms with Gasteiger partial charge < -0.3 is 19.7 Å². The quantitative estimate of drug-likeness (QED) is 0.213. The van der Waals surface area contributed by atoms with Gasteiger partial charge in [-0.05, 0) is 31.6 Å². The van der Waals surface area contributed by atoms with Crippen molar-refractivity contribution >= 4 is 63.6 Å². The molecule has 0 aromatic carbocycles. The molecule has 1 atom stereocenters. The summed E-state index contributed by atoms with van der Waals surface area (Å²) in [7, 11) is 1.59. The second-order valence-corrected chi connectivity index (χ2v) is 9.95. The van der Waals surface area contributed by atoms with E-state index >= 15 is 0 Å². The molecule has 2 aliphatic rings. The van der Waals surface area contributed by atoms with Crippen LogP contribution in [0.5, 0.6) is 0 Å². The highest BCUT2D eigenvalue weighted by molar-refractivity contribution is 8.26. The minimum Gasteiger partial charge on any atom is -0.466 e. The summed E-state index contributed by atoms with van der Waals surface area (Å²) in [6.45, 7) is 3.35. The Morgan fingerprint density at radius 3 is 2.89 bits per heavy atom. The lowest BCUT2D eigenvalue weighted by Gasteiger charge is -2.36. The first-order chi connectivity index (χ1) is 17.8. The molecule has 2 amide bonds. The monoisotopic (exact) mass is 545 g/mol. The highest BCUT2D eigenvalue weighted by atomic mass is 32.2. The molecule has 0 saturated carbocycles. The Balaban J connectivity index is 1.80. The van der Waals surface area contributed by atoms with E-state index in [1.165, 1.54) is 15.4 Å². The zero-order valence-corrected chi connectivity index (χ0v) is 22.1. The van der Waals surface area contributed by atoms with E-state index < -0.39 is 17.6 Å². The van der Waals surface area contributed by atoms with E-state index in [1.54, 1.807) is 43.3 Å². The number of pyridine rings is 1. The van der Waals surface area contributed by atoms with Crippen LogP contribution in [0.3, 0.4) is 0 Å². The molecule has 13 heteroatoms. The normalized spacial score (nSPS) is 19.1. The predicted octanol–water partition coefficient (Wildman–Crippen LogP) is 1.19. The third-order valence-corrected chi connectivity index (χ3v) is 7.27. The van der Waals surface area contributed by atoms with Crippen molar-refractivity contribution < 1.29 is 23.9 Å². The lowest BCUT2D eigenvalue weighted by atomic mass is 10.1. The average molecular weight is 546 g/mol. The Kier molecular flexibility index (Phi) is 8.56. The number of rotatable bonds is 9. The Morgan fingerprint density at radius 1 is 1.32 bits per heavy atom. The summed E-state index contributed by atoms with van der Waals surface area (Å²) >= 11 is 6.51. The molecule has 4 rings (SSSR count). The highest BCUT2D eigenvalue weighted by Crippen LogP contribution is 2.34. The van der Waals surface area contributed by atoms with Crippen molar-refractivity contribution in [2.75, 3.05) is 44.9 Å². The zero-order valence-electron chi connectivity index (χ0n) is 20.5. The van der Waals surface area contributed by atoms with E-state index in [1.807, 2.05) is 0 Å². The summed E-state index contributed by atoms with van der Waals surface area (Å²) in [5.74, 6) is -1.01. The van der Waals surface area contributed by atoms with Crippen molar-refractivity contribution in [3.8, 4) is 0 Å². The number of piperazine rings is 1. The maximum atomic E-state index is 13.6. The minimum absolute atomic E-state index is 0.129. The van der Waals surface area contributed by atoms with Gasteiger partial charge in [0.25, 0.3) is 11.5 Å². The molecule has 0 spiro atoms. The molecule has 196 valence electrons. The Bertz CT molecular complexity index is 1330. The fourth-order valence-electron chi connectivity index (χ4n) is 4.18. The predicted molar refractivity (Wildman–Crippen MR) is 143 cm³/mol. The molecule has 0 bridgehead atoms. The number of ether oxygens (including phenoxy) is 2. The number of anilines is 1. The van der Waals surface area contributed by atoms with E-state index in [0.717, 1.165) is 11.8 Å². The number of nitrogens with one attached hydrogen (secondary N) is 1. The number of fused-ring (bicyclic) bond motifs is 1. The Labute approximate surface area is 222 Å². The van der Waals surface area contributed by atoms with E-state index in [2.05, 4.69) is 5.32 Å². The van der Waals surface area contributed by atoms with E-state index in [9.17, 15) is 19.2 Å². The fraction of sp³-hybridized carbons (Fsp3) is 0.417. The highest BCUT2D eigenvalue weighted by Gasteiger charge is 2.36. The molecule has 1 N–H and O–H groups in total. The molecule has 2 fully saturated rings. The first-order valence-electron chi connectivity index (χ1n) is 11.8. The number of amides is 2. The molecule has 2 saturated heterocycles. The van der Waals surface area contributed by atoms with Gasteiger partial charge in [-0.15, -0.1) is 0 Å². The standard InChI is InChI=1S/C24H27N5O6S2/c1-3-35-19(30)14-16-21(31)25-8-11-27(16)20-15(22(32)28-9-5-4-7-18(28)26-20)13-17-23(33)29(24(36)37-17)10-6-12-34-2/h4-5,7,9,13,16H,3,6,8,10-12,14H2,1-2H3,(H,25,31)/b17-13-/t16-/m0/s1. The van der Waals surface area contributed by atoms with Crippen LogP contribution < -0.4 is 15.8 Å². The second-order valence-electron chi connectivity index (χ2n) is 8.27. The smallest absolute Gasteiger partial charge is 0.308 e. The molecule has 37 heavy (non-hydrogen) atoms. The maximum absolute atomic E-state index is 13.6. The van der Waals surface area contributed by atoms with Gasteiger partial charge >= 0.3 is 5.97 Å². The number of thioether (sulfide) groups is 1. The van der Waals surface area contributed by atoms with Crippen molar-refractivity contribution in [3.63, 3.8) is 0 Å². The molecule has 4 heterocycles. The van der Waals surface area contributed by atoms with Crippen LogP contribution in [0, 0.1) is 0 Å². The Morgan fingerprint density at radius 2 is 2.14 bits per heavy atom. The van der Waals surface area contributed by atoms with Gasteiger partial charge in [0.15, 0.2) is 0 Å². The van der Waals surface area contributed by atoms with Gasteiger partial charge in [0, 0.05) is 39.5 Å². The number of hydrogen-bond acceptors (Lipinski definition) is 10. The largest absolute Gasteiger partial charge is 0.466 e. The number of carbonyl (C=O) groups excluding carboxylic acids is 3. The van der Waals surface area contributed by atoms with E-state index in [0.29, 0.717) is 42.6 Å². The summed E-state index contributed by atoms with van der Waals surface area (Å²) in [6, 6.07) is 4.19. The molecular formula is C24H27N5O6S2. The lowest BCUT2D eigenvalue weighted by molar-refractivity contribution is -0.145. The van der Waals surface area contributed by atoms with Gasteiger partial charge in [-0.3, -0.25) is 28.5 Å². The number of hydrogen-bond donors (Lipinski definition) is 1. The minimum atomic E-state index is -0.929. The van der Waals surface area contributed by atoms with Crippen LogP contribution in [0.4, 0.5) is 5.82 Å². The van der Waals surface area contributed by atoms with Crippen molar-refractivity contribution in [1.82, 2.24) is 19.6 Å². The number of thiocarbonyl (C=S) groups is 1. The Hall–Kier alpha value is -3.29. The van der Waals surface area contributed by atoms with Crippen LogP contribution in [0.15, 0.2) is 34.1 Å². The first-order valence-corrected chi connectivity index (χ1v) is 13.0. The number of methoxy groups -OCH3 is 1. The number of aromatic nitrogens is 2. The molecule has 2 aromatic heterocycles. The molecule has 0 unspecified atom stereocenters. The molecular weight excluding hydrogens is 518 g/mol. The number of esters is 1. The third kappa shape index (κ3) is 5.68. The first kappa shape index (κ1) is 26.8. The average Bonchev–Trinajstić information content (AvgIpc) is 3.14. The van der Waals surface area contributed by atoms with Crippen molar-refractivity contribution in [2.45, 2.75) is 25.8 Å². The van der Waals surface area contributed by atoms with Gasteiger partial charge in [-0.2, -0.15) is 0 Å². The third-order valence-electron chi connectivity index (χ3n) is 5.90. The van der Waals surface area contributed by atoms with Gasteiger partial charge in [0.2, 0.25) is 5.91 Å². The van der Waals surface area contributed by atoms with Crippen LogP contribution in [0.2, 0.25) is 0 Å². The molecule has 2 aliphatic heterocycles. The van der Waals surface area contributed by atoms with Gasteiger partial charge in [0.1, 0.15) is 21.8 Å². The molecule has 0 aliphatic carbocycles. The summed E-state index contributed by atoms with van der Waals surface area (Å²) in [4.78, 5) is 60.0. The van der Waals surface area contributed by atoms with Crippen LogP contribution in [-0.2, 0) is 23.9 Å². The molecule has 2 aromatic rings. The van der Waals surface area contributed by atoms with Crippen LogP contribution in [-0.4, -0.2) is 82.4 Å². The van der Waals surface area contributed by atoms with Gasteiger partial charge in [0.05, 0.1) is 23.5 Å². The maximum Gasteiger partial charge on any atom is 0.308 e. The summed E-state index contributed by atoms with van der Waals surface area (Å²) in [6.07, 6.45) is 3.46. The van der Waals surface area contributed by atoms with Crippen LogP contribution >= 0.6 is 24.0 Å². The van der Waals surface area contributed by atoms with E-state index in [-0.39, 0.29) is 41.1 Å². The summed E-state index contributed by atoms with van der Waals surface area (Å²) in [5.41, 5.74) is 0.0865. The second kappa shape index (κ2) is 11.8.